The number of alkyl carbamates (subject to hydrolysis) is 1. The predicted octanol–water partition coefficient (Wildman–Crippen LogP) is 1.65. The molecule has 1 saturated heterocycles. The summed E-state index contributed by atoms with van der Waals surface area (Å²) in [6.45, 7) is 1.09. The Morgan fingerprint density at radius 2 is 1.38 bits per heavy atom. The molecular weight excluding hydrogens is 496 g/mol. The van der Waals surface area contributed by atoms with E-state index in [4.69, 9.17) is 0 Å². The third kappa shape index (κ3) is 7.62. The topological polar surface area (TPSA) is 221 Å². The van der Waals surface area contributed by atoms with Gasteiger partial charge in [0.1, 0.15) is 0 Å². The molecule has 37 heavy (non-hydrogen) atoms. The number of guanidine groups is 1. The van der Waals surface area contributed by atoms with E-state index in [0.29, 0.717) is 19.5 Å². The first-order valence-electron chi connectivity index (χ1n) is 10.5. The fraction of sp³-hybridized carbons (Fsp3) is 0.190. The normalized spacial score (nSPS) is 14.8. The number of amides is 2. The largest absolute Gasteiger partial charge is 0.444 e. The number of aliphatic imine (C=N–C) groups is 1. The summed E-state index contributed by atoms with van der Waals surface area (Å²) in [5.41, 5.74) is -0.861. The molecule has 0 radical (unpaired) electrons. The molecule has 0 aliphatic carbocycles. The zero-order chi connectivity index (χ0) is 26.9. The van der Waals surface area contributed by atoms with Gasteiger partial charge in [-0.25, -0.2) is 19.2 Å². The lowest BCUT2D eigenvalue weighted by Crippen LogP contribution is -2.47. The van der Waals surface area contributed by atoms with Gasteiger partial charge in [0.2, 0.25) is 5.96 Å². The number of nitrogens with one attached hydrogen (secondary N) is 3. The molecule has 16 heteroatoms. The van der Waals surface area contributed by atoms with Crippen LogP contribution in [0.3, 0.4) is 0 Å². The Morgan fingerprint density at radius 3 is 1.84 bits per heavy atom. The van der Waals surface area contributed by atoms with Crippen LogP contribution in [0.4, 0.5) is 21.0 Å². The van der Waals surface area contributed by atoms with E-state index in [2.05, 4.69) is 30.4 Å². The molecule has 0 spiro atoms. The van der Waals surface area contributed by atoms with Gasteiger partial charge in [-0.2, -0.15) is 0 Å². The van der Waals surface area contributed by atoms with Gasteiger partial charge < -0.3 is 20.1 Å². The van der Waals surface area contributed by atoms with Gasteiger partial charge in [0.25, 0.3) is 11.4 Å². The van der Waals surface area contributed by atoms with E-state index in [1.54, 1.807) is 0 Å². The highest BCUT2D eigenvalue weighted by atomic mass is 16.6. The number of rotatable bonds is 5. The lowest BCUT2D eigenvalue weighted by molar-refractivity contribution is -0.385. The molecule has 1 heterocycles. The zero-order valence-electron chi connectivity index (χ0n) is 18.7. The highest BCUT2D eigenvalue weighted by molar-refractivity contribution is 6.05. The number of nitrogens with zero attached hydrogens (tertiary/aromatic N) is 3. The molecule has 0 saturated carbocycles. The van der Waals surface area contributed by atoms with Crippen molar-refractivity contribution in [1.82, 2.24) is 16.0 Å². The molecule has 3 N–H and O–H groups in total. The predicted molar refractivity (Wildman–Crippen MR) is 123 cm³/mol. The summed E-state index contributed by atoms with van der Waals surface area (Å²) in [6, 6.07) is 8.26. The first-order valence-corrected chi connectivity index (χ1v) is 10.5. The van der Waals surface area contributed by atoms with E-state index in [1.807, 2.05) is 0 Å². The molecule has 16 nitrogen and oxygen atoms in total. The molecule has 1 aliphatic rings. The lowest BCUT2D eigenvalue weighted by Gasteiger charge is -2.15. The van der Waals surface area contributed by atoms with Crippen molar-refractivity contribution in [3.8, 4) is 0 Å². The minimum atomic E-state index is -1.43. The van der Waals surface area contributed by atoms with Crippen molar-refractivity contribution in [1.29, 1.82) is 0 Å². The van der Waals surface area contributed by atoms with E-state index in [-0.39, 0.29) is 28.5 Å². The Kier molecular flexibility index (Phi) is 8.50. The van der Waals surface area contributed by atoms with Gasteiger partial charge in [-0.15, -0.1) is 4.99 Å². The van der Waals surface area contributed by atoms with E-state index >= 15 is 0 Å². The van der Waals surface area contributed by atoms with Crippen LogP contribution in [0.2, 0.25) is 0 Å². The average molecular weight is 514 g/mol. The van der Waals surface area contributed by atoms with Crippen LogP contribution in [0.5, 0.6) is 0 Å². The third-order valence-electron chi connectivity index (χ3n) is 4.82. The van der Waals surface area contributed by atoms with Crippen LogP contribution >= 0.6 is 0 Å². The number of esters is 2. The van der Waals surface area contributed by atoms with Crippen molar-refractivity contribution in [3.05, 3.63) is 79.9 Å². The Balaban J connectivity index is 1.66. The van der Waals surface area contributed by atoms with Crippen molar-refractivity contribution in [2.75, 3.05) is 13.1 Å². The number of hydrogen-bond acceptors (Lipinski definition) is 11. The van der Waals surface area contributed by atoms with Gasteiger partial charge in [-0.05, 0) is 37.2 Å². The average Bonchev–Trinajstić information content (AvgIpc) is 3.36. The van der Waals surface area contributed by atoms with Gasteiger partial charge in [-0.1, -0.05) is 0 Å². The second-order valence-corrected chi connectivity index (χ2v) is 7.36. The summed E-state index contributed by atoms with van der Waals surface area (Å²) < 4.78 is 9.21. The minimum absolute atomic E-state index is 0.153. The maximum absolute atomic E-state index is 12.2. The number of nitro groups is 2. The van der Waals surface area contributed by atoms with Gasteiger partial charge in [0, 0.05) is 36.9 Å². The molecule has 0 unspecified atom stereocenters. The van der Waals surface area contributed by atoms with Crippen molar-refractivity contribution < 1.29 is 38.5 Å². The van der Waals surface area contributed by atoms with Gasteiger partial charge in [0.15, 0.2) is 0 Å². The van der Waals surface area contributed by atoms with E-state index in [9.17, 15) is 39.4 Å². The van der Waals surface area contributed by atoms with Crippen LogP contribution < -0.4 is 16.0 Å². The summed E-state index contributed by atoms with van der Waals surface area (Å²) in [4.78, 5) is 72.3. The zero-order valence-corrected chi connectivity index (χ0v) is 18.7. The Hall–Kier alpha value is -5.25. The third-order valence-corrected chi connectivity index (χ3v) is 4.82. The van der Waals surface area contributed by atoms with Crippen molar-refractivity contribution in [2.45, 2.75) is 12.5 Å². The van der Waals surface area contributed by atoms with Gasteiger partial charge >= 0.3 is 24.1 Å². The van der Waals surface area contributed by atoms with E-state index in [0.717, 1.165) is 48.5 Å². The molecule has 2 amide bonds. The van der Waals surface area contributed by atoms with Crippen molar-refractivity contribution in [3.63, 3.8) is 0 Å². The molecule has 1 atom stereocenters. The highest BCUT2D eigenvalue weighted by Gasteiger charge is 2.22. The maximum Gasteiger partial charge on any atom is 0.444 e. The minimum Gasteiger partial charge on any atom is -0.372 e. The maximum atomic E-state index is 12.2. The van der Waals surface area contributed by atoms with E-state index in [1.165, 1.54) is 0 Å². The number of ether oxygens (including phenoxy) is 2. The second kappa shape index (κ2) is 11.9. The van der Waals surface area contributed by atoms with Gasteiger partial charge in [-0.3, -0.25) is 25.5 Å². The standard InChI is InChI=1S/C21H18N6O10/c28-17(12-1-5-15(6-2-12)26(32)33)36-20(30)24-19(23-14-9-10-22-11-14)25-21(31)37-18(29)13-3-7-16(8-4-13)27(34)35/h1-8,14,22H,9-11H2,(H2,23,24,25,30,31)/t14-/m0/s1. The van der Waals surface area contributed by atoms with E-state index < -0.39 is 39.9 Å². The molecule has 1 fully saturated rings. The first-order chi connectivity index (χ1) is 17.6. The SMILES string of the molecule is O=C(N=C(NC(=O)OC(=O)c1ccc([N+](=O)[O-])cc1)N[C@H]1CCNC1)OC(=O)c1ccc([N+](=O)[O-])cc1. The number of nitro benzene ring substituents is 2. The Morgan fingerprint density at radius 1 is 0.865 bits per heavy atom. The Bertz CT molecular complexity index is 1250. The molecule has 0 aromatic heterocycles. The molecule has 0 bridgehead atoms. The van der Waals surface area contributed by atoms with Crippen molar-refractivity contribution >= 4 is 41.5 Å². The van der Waals surface area contributed by atoms with Crippen molar-refractivity contribution in [2.24, 2.45) is 4.99 Å². The van der Waals surface area contributed by atoms with Crippen LogP contribution in [-0.2, 0) is 9.47 Å². The molecule has 3 rings (SSSR count). The number of carbonyl (C=O) groups excluding carboxylic acids is 4. The summed E-state index contributed by atoms with van der Waals surface area (Å²) >= 11 is 0. The summed E-state index contributed by atoms with van der Waals surface area (Å²) in [5, 5.41) is 29.3. The molecule has 2 aromatic rings. The fourth-order valence-corrected chi connectivity index (χ4v) is 3.02. The number of hydrogen-bond donors (Lipinski definition) is 3. The van der Waals surface area contributed by atoms with Crippen LogP contribution in [-0.4, -0.2) is 59.1 Å². The number of non-ortho nitro benzene ring substituents is 2. The van der Waals surface area contributed by atoms with Crippen LogP contribution in [0.25, 0.3) is 0 Å². The first kappa shape index (κ1) is 26.4. The Labute approximate surface area is 206 Å². The highest BCUT2D eigenvalue weighted by Crippen LogP contribution is 2.14. The quantitative estimate of drug-likeness (QED) is 0.129. The van der Waals surface area contributed by atoms with Crippen LogP contribution in [0, 0.1) is 20.2 Å². The smallest absolute Gasteiger partial charge is 0.372 e. The lowest BCUT2D eigenvalue weighted by atomic mass is 10.2. The number of benzene rings is 2. The molecular formula is C21H18N6O10. The summed E-state index contributed by atoms with van der Waals surface area (Å²) in [7, 11) is 0. The van der Waals surface area contributed by atoms with Crippen LogP contribution in [0.15, 0.2) is 53.5 Å². The fourth-order valence-electron chi connectivity index (χ4n) is 3.02. The monoisotopic (exact) mass is 514 g/mol. The second-order valence-electron chi connectivity index (χ2n) is 7.36. The van der Waals surface area contributed by atoms with Gasteiger partial charge in [0.05, 0.1) is 21.0 Å². The summed E-state index contributed by atoms with van der Waals surface area (Å²) in [5.74, 6) is -2.76. The molecule has 192 valence electrons. The molecule has 2 aromatic carbocycles. The summed E-state index contributed by atoms with van der Waals surface area (Å²) in [6.07, 6.45) is -2.18. The molecule has 1 aliphatic heterocycles. The van der Waals surface area contributed by atoms with Crippen LogP contribution in [0.1, 0.15) is 27.1 Å². The number of carbonyl (C=O) groups is 4.